The summed E-state index contributed by atoms with van der Waals surface area (Å²) in [6, 6.07) is 16.4. The zero-order chi connectivity index (χ0) is 21.6. The van der Waals surface area contributed by atoms with Crippen molar-refractivity contribution < 1.29 is 4.39 Å². The number of hydrogen-bond acceptors (Lipinski definition) is 4. The Kier molecular flexibility index (Phi) is 5.21. The Morgan fingerprint density at radius 1 is 1.00 bits per heavy atom. The van der Waals surface area contributed by atoms with E-state index < -0.39 is 4.87 Å². The molecule has 0 amide bonds. The number of aromatic nitrogens is 2. The second-order valence-corrected chi connectivity index (χ2v) is 9.84. The predicted octanol–water partition coefficient (Wildman–Crippen LogP) is 6.98. The third-order valence-electron chi connectivity index (χ3n) is 5.15. The largest absolute Gasteiger partial charge is 0.266 e. The summed E-state index contributed by atoms with van der Waals surface area (Å²) in [6.45, 7) is 2.08. The minimum absolute atomic E-state index is 0.339. The van der Waals surface area contributed by atoms with E-state index >= 15 is 0 Å². The number of benzene rings is 2. The van der Waals surface area contributed by atoms with Crippen molar-refractivity contribution in [2.75, 3.05) is 0 Å². The standard InChI is InChI=1S/C24H16Cl2FN3S/c1-24(11-14-8-9-20(26)28-12-14)30-21(17-5-3-6-18(25)23(17)31-24)16-10-15-4-2-7-19(27)22(15)29-13-16/h2-10,12-13H,11H2,1H3. The van der Waals surface area contributed by atoms with Crippen molar-refractivity contribution in [3.63, 3.8) is 0 Å². The fourth-order valence-electron chi connectivity index (χ4n) is 3.78. The summed E-state index contributed by atoms with van der Waals surface area (Å²) in [7, 11) is 0. The van der Waals surface area contributed by atoms with Crippen LogP contribution in [0.4, 0.5) is 4.39 Å². The molecule has 31 heavy (non-hydrogen) atoms. The van der Waals surface area contributed by atoms with E-state index in [1.807, 2.05) is 36.4 Å². The van der Waals surface area contributed by atoms with Crippen LogP contribution in [0.1, 0.15) is 23.6 Å². The number of hydrogen-bond donors (Lipinski definition) is 0. The van der Waals surface area contributed by atoms with Gasteiger partial charge in [0.15, 0.2) is 0 Å². The first-order valence-corrected chi connectivity index (χ1v) is 11.2. The zero-order valence-electron chi connectivity index (χ0n) is 16.4. The summed E-state index contributed by atoms with van der Waals surface area (Å²) in [5.41, 5.74) is 3.93. The van der Waals surface area contributed by atoms with E-state index in [0.717, 1.165) is 32.7 Å². The summed E-state index contributed by atoms with van der Waals surface area (Å²) >= 11 is 14.2. The molecule has 0 fully saturated rings. The van der Waals surface area contributed by atoms with Gasteiger partial charge in [-0.25, -0.2) is 9.37 Å². The molecule has 1 atom stereocenters. The highest BCUT2D eigenvalue weighted by molar-refractivity contribution is 8.01. The van der Waals surface area contributed by atoms with Crippen LogP contribution in [0.2, 0.25) is 10.2 Å². The normalized spacial score (nSPS) is 18.0. The van der Waals surface area contributed by atoms with Gasteiger partial charge in [0, 0.05) is 40.2 Å². The molecular weight excluding hydrogens is 452 g/mol. The van der Waals surface area contributed by atoms with E-state index in [1.165, 1.54) is 6.07 Å². The van der Waals surface area contributed by atoms with Gasteiger partial charge in [-0.1, -0.05) is 65.3 Å². The van der Waals surface area contributed by atoms with Crippen molar-refractivity contribution in [1.82, 2.24) is 9.97 Å². The number of pyridine rings is 2. The Balaban J connectivity index is 1.65. The molecule has 3 heterocycles. The number of nitrogens with zero attached hydrogens (tertiary/aromatic N) is 3. The Bertz CT molecular complexity index is 1340. The molecule has 0 aliphatic carbocycles. The first-order chi connectivity index (χ1) is 14.9. The first kappa shape index (κ1) is 20.4. The van der Waals surface area contributed by atoms with Gasteiger partial charge in [0.2, 0.25) is 0 Å². The van der Waals surface area contributed by atoms with Gasteiger partial charge in [-0.3, -0.25) is 9.98 Å². The fourth-order valence-corrected chi connectivity index (χ4v) is 5.43. The number of para-hydroxylation sites is 1. The number of aliphatic imine (C=N–C) groups is 1. The summed E-state index contributed by atoms with van der Waals surface area (Å²) in [6.07, 6.45) is 4.09. The second kappa shape index (κ2) is 7.90. The lowest BCUT2D eigenvalue weighted by molar-refractivity contribution is 0.637. The van der Waals surface area contributed by atoms with Crippen LogP contribution in [0.3, 0.4) is 0 Å². The Morgan fingerprint density at radius 2 is 1.84 bits per heavy atom. The molecule has 0 N–H and O–H groups in total. The predicted molar refractivity (Wildman–Crippen MR) is 126 cm³/mol. The minimum atomic E-state index is -0.514. The molecule has 3 nitrogen and oxygen atoms in total. The maximum atomic E-state index is 14.1. The molecule has 4 aromatic rings. The monoisotopic (exact) mass is 467 g/mol. The lowest BCUT2D eigenvalue weighted by atomic mass is 10.00. The second-order valence-electron chi connectivity index (χ2n) is 7.56. The van der Waals surface area contributed by atoms with Crippen LogP contribution in [0, 0.1) is 5.82 Å². The van der Waals surface area contributed by atoms with Gasteiger partial charge < -0.3 is 0 Å². The minimum Gasteiger partial charge on any atom is -0.266 e. The molecule has 154 valence electrons. The Labute approximate surface area is 193 Å². The van der Waals surface area contributed by atoms with Crippen LogP contribution in [-0.4, -0.2) is 20.6 Å². The number of rotatable bonds is 3. The van der Waals surface area contributed by atoms with Crippen LogP contribution in [0.15, 0.2) is 76.9 Å². The molecule has 0 saturated heterocycles. The maximum absolute atomic E-state index is 14.1. The molecule has 1 aliphatic heterocycles. The van der Waals surface area contributed by atoms with Crippen molar-refractivity contribution in [3.8, 4) is 0 Å². The quantitative estimate of drug-likeness (QED) is 0.305. The Morgan fingerprint density at radius 3 is 2.65 bits per heavy atom. The molecule has 0 spiro atoms. The highest BCUT2D eigenvalue weighted by Gasteiger charge is 2.34. The number of fused-ring (bicyclic) bond motifs is 2. The lowest BCUT2D eigenvalue weighted by Gasteiger charge is -2.32. The van der Waals surface area contributed by atoms with Gasteiger partial charge in [0.25, 0.3) is 0 Å². The molecule has 0 radical (unpaired) electrons. The molecule has 1 unspecified atom stereocenters. The average molecular weight is 468 g/mol. The third-order valence-corrected chi connectivity index (χ3v) is 7.12. The van der Waals surface area contributed by atoms with Crippen LogP contribution in [0.5, 0.6) is 0 Å². The first-order valence-electron chi connectivity index (χ1n) is 9.65. The van der Waals surface area contributed by atoms with Crippen molar-refractivity contribution in [2.24, 2.45) is 4.99 Å². The highest BCUT2D eigenvalue weighted by Crippen LogP contribution is 2.46. The molecular formula is C24H16Cl2FN3S. The van der Waals surface area contributed by atoms with Crippen molar-refractivity contribution >= 4 is 51.6 Å². The van der Waals surface area contributed by atoms with E-state index in [9.17, 15) is 4.39 Å². The van der Waals surface area contributed by atoms with E-state index in [2.05, 4.69) is 16.9 Å². The number of halogens is 3. The summed E-state index contributed by atoms with van der Waals surface area (Å²) in [4.78, 5) is 14.2. The van der Waals surface area contributed by atoms with Gasteiger partial charge in [-0.05, 0) is 36.8 Å². The van der Waals surface area contributed by atoms with Gasteiger partial charge in [0.05, 0.1) is 10.7 Å². The molecule has 2 aromatic heterocycles. The van der Waals surface area contributed by atoms with Crippen molar-refractivity contribution in [3.05, 3.63) is 99.7 Å². The van der Waals surface area contributed by atoms with Crippen molar-refractivity contribution in [2.45, 2.75) is 23.1 Å². The molecule has 7 heteroatoms. The van der Waals surface area contributed by atoms with Gasteiger partial charge >= 0.3 is 0 Å². The van der Waals surface area contributed by atoms with Gasteiger partial charge in [-0.15, -0.1) is 0 Å². The number of thioether (sulfide) groups is 1. The molecule has 5 rings (SSSR count). The highest BCUT2D eigenvalue weighted by atomic mass is 35.5. The molecule has 0 bridgehead atoms. The van der Waals surface area contributed by atoms with Crippen LogP contribution in [-0.2, 0) is 6.42 Å². The smallest absolute Gasteiger partial charge is 0.149 e. The van der Waals surface area contributed by atoms with Crippen LogP contribution in [0.25, 0.3) is 10.9 Å². The Hall–Kier alpha value is -2.47. The molecule has 1 aliphatic rings. The summed E-state index contributed by atoms with van der Waals surface area (Å²) < 4.78 is 14.1. The summed E-state index contributed by atoms with van der Waals surface area (Å²) in [5.74, 6) is -0.339. The zero-order valence-corrected chi connectivity index (χ0v) is 18.8. The lowest BCUT2D eigenvalue weighted by Crippen LogP contribution is -2.28. The molecule has 0 saturated carbocycles. The van der Waals surface area contributed by atoms with E-state index in [-0.39, 0.29) is 5.82 Å². The van der Waals surface area contributed by atoms with E-state index in [0.29, 0.717) is 22.1 Å². The topological polar surface area (TPSA) is 38.1 Å². The third kappa shape index (κ3) is 3.93. The SMILES string of the molecule is CC1(Cc2ccc(Cl)nc2)N=C(c2cnc3c(F)cccc3c2)c2cccc(Cl)c2S1. The van der Waals surface area contributed by atoms with Crippen LogP contribution >= 0.6 is 35.0 Å². The fraction of sp³-hybridized carbons (Fsp3) is 0.125. The average Bonchev–Trinajstić information content (AvgIpc) is 2.75. The van der Waals surface area contributed by atoms with Crippen molar-refractivity contribution in [1.29, 1.82) is 0 Å². The van der Waals surface area contributed by atoms with Gasteiger partial charge in [-0.2, -0.15) is 0 Å². The van der Waals surface area contributed by atoms with E-state index in [1.54, 1.807) is 36.3 Å². The molecule has 2 aromatic carbocycles. The van der Waals surface area contributed by atoms with Crippen LogP contribution < -0.4 is 0 Å². The summed E-state index contributed by atoms with van der Waals surface area (Å²) in [5, 5.41) is 1.86. The maximum Gasteiger partial charge on any atom is 0.149 e. The van der Waals surface area contributed by atoms with Gasteiger partial charge in [0.1, 0.15) is 21.4 Å². The van der Waals surface area contributed by atoms with E-state index in [4.69, 9.17) is 28.2 Å².